The molecule has 1 aromatic carbocycles. The number of halogens is 1. The summed E-state index contributed by atoms with van der Waals surface area (Å²) in [4.78, 5) is 14.9. The Hall–Kier alpha value is -1.95. The predicted molar refractivity (Wildman–Crippen MR) is 87.1 cm³/mol. The lowest BCUT2D eigenvalue weighted by Crippen LogP contribution is -2.04. The lowest BCUT2D eigenvalue weighted by Gasteiger charge is -2.14. The third-order valence-electron chi connectivity index (χ3n) is 3.27. The SMILES string of the molecule is CCc1cccc(CC)c1Nc1ncc(Br)cc1[N+](=O)[O-]. The molecule has 110 valence electrons. The maximum absolute atomic E-state index is 11.2. The van der Waals surface area contributed by atoms with Gasteiger partial charge in [-0.2, -0.15) is 0 Å². The van der Waals surface area contributed by atoms with E-state index < -0.39 is 4.92 Å². The molecule has 0 atom stereocenters. The van der Waals surface area contributed by atoms with E-state index in [9.17, 15) is 10.1 Å². The van der Waals surface area contributed by atoms with Crippen LogP contribution in [0.25, 0.3) is 0 Å². The fourth-order valence-corrected chi connectivity index (χ4v) is 2.50. The van der Waals surface area contributed by atoms with Crippen molar-refractivity contribution in [3.05, 3.63) is 56.2 Å². The molecule has 21 heavy (non-hydrogen) atoms. The van der Waals surface area contributed by atoms with E-state index in [4.69, 9.17) is 0 Å². The van der Waals surface area contributed by atoms with E-state index in [0.29, 0.717) is 4.47 Å². The maximum atomic E-state index is 11.2. The predicted octanol–water partition coefficient (Wildman–Crippen LogP) is 4.62. The van der Waals surface area contributed by atoms with Crippen LogP contribution in [0.5, 0.6) is 0 Å². The smallest absolute Gasteiger partial charge is 0.312 e. The molecule has 0 saturated heterocycles. The molecule has 0 fully saturated rings. The molecule has 5 nitrogen and oxygen atoms in total. The summed E-state index contributed by atoms with van der Waals surface area (Å²) in [6, 6.07) is 7.50. The summed E-state index contributed by atoms with van der Waals surface area (Å²) in [6.07, 6.45) is 3.25. The van der Waals surface area contributed by atoms with Gasteiger partial charge in [0.15, 0.2) is 0 Å². The normalized spacial score (nSPS) is 10.4. The summed E-state index contributed by atoms with van der Waals surface area (Å²) in [7, 11) is 0. The Kier molecular flexibility index (Phi) is 4.90. The molecule has 0 spiro atoms. The Morgan fingerprint density at radius 3 is 2.43 bits per heavy atom. The molecular weight excluding hydrogens is 334 g/mol. The number of hydrogen-bond acceptors (Lipinski definition) is 4. The van der Waals surface area contributed by atoms with Gasteiger partial charge in [0.1, 0.15) is 0 Å². The quantitative estimate of drug-likeness (QED) is 0.631. The van der Waals surface area contributed by atoms with Gasteiger partial charge in [0.2, 0.25) is 5.82 Å². The highest BCUT2D eigenvalue weighted by Crippen LogP contribution is 2.31. The maximum Gasteiger partial charge on any atom is 0.312 e. The number of pyridine rings is 1. The van der Waals surface area contributed by atoms with Crippen LogP contribution in [-0.4, -0.2) is 9.91 Å². The van der Waals surface area contributed by atoms with Crippen LogP contribution in [0.3, 0.4) is 0 Å². The van der Waals surface area contributed by atoms with Crippen molar-refractivity contribution in [3.63, 3.8) is 0 Å². The number of benzene rings is 1. The number of para-hydroxylation sites is 1. The van der Waals surface area contributed by atoms with Crippen molar-refractivity contribution in [2.24, 2.45) is 0 Å². The van der Waals surface area contributed by atoms with E-state index in [0.717, 1.165) is 29.7 Å². The number of anilines is 2. The first-order valence-electron chi connectivity index (χ1n) is 6.74. The molecule has 0 bridgehead atoms. The van der Waals surface area contributed by atoms with Gasteiger partial charge in [-0.1, -0.05) is 32.0 Å². The topological polar surface area (TPSA) is 68.1 Å². The van der Waals surface area contributed by atoms with Crippen molar-refractivity contribution in [1.82, 2.24) is 4.98 Å². The van der Waals surface area contributed by atoms with Gasteiger partial charge in [-0.3, -0.25) is 10.1 Å². The first-order chi connectivity index (χ1) is 10.1. The van der Waals surface area contributed by atoms with E-state index in [1.807, 2.05) is 18.2 Å². The molecule has 6 heteroatoms. The van der Waals surface area contributed by atoms with Gasteiger partial charge in [-0.25, -0.2) is 4.98 Å². The van der Waals surface area contributed by atoms with Gasteiger partial charge in [-0.15, -0.1) is 0 Å². The summed E-state index contributed by atoms with van der Waals surface area (Å²) < 4.78 is 0.583. The molecule has 0 aliphatic carbocycles. The second kappa shape index (κ2) is 6.67. The molecule has 0 aliphatic rings. The number of aryl methyl sites for hydroxylation is 2. The van der Waals surface area contributed by atoms with Crippen LogP contribution in [0, 0.1) is 10.1 Å². The lowest BCUT2D eigenvalue weighted by molar-refractivity contribution is -0.384. The van der Waals surface area contributed by atoms with E-state index in [2.05, 4.69) is 40.1 Å². The third kappa shape index (κ3) is 3.39. The molecule has 1 N–H and O–H groups in total. The number of nitro groups is 1. The van der Waals surface area contributed by atoms with E-state index in [1.54, 1.807) is 6.20 Å². The van der Waals surface area contributed by atoms with E-state index in [-0.39, 0.29) is 11.5 Å². The first-order valence-corrected chi connectivity index (χ1v) is 7.53. The van der Waals surface area contributed by atoms with E-state index >= 15 is 0 Å². The first kappa shape index (κ1) is 15.4. The second-order valence-corrected chi connectivity index (χ2v) is 5.48. The monoisotopic (exact) mass is 349 g/mol. The minimum absolute atomic E-state index is 0.0441. The van der Waals surface area contributed by atoms with Gasteiger partial charge in [0.05, 0.1) is 4.92 Å². The minimum atomic E-state index is -0.430. The Morgan fingerprint density at radius 1 is 1.29 bits per heavy atom. The summed E-state index contributed by atoms with van der Waals surface area (Å²) in [6.45, 7) is 4.12. The molecule has 1 aromatic heterocycles. The van der Waals surface area contributed by atoms with E-state index in [1.165, 1.54) is 6.07 Å². The summed E-state index contributed by atoms with van der Waals surface area (Å²) in [5.41, 5.74) is 3.11. The molecular formula is C15H16BrN3O2. The van der Waals surface area contributed by atoms with Gasteiger partial charge in [-0.05, 0) is 39.9 Å². The Balaban J connectivity index is 2.50. The zero-order valence-corrected chi connectivity index (χ0v) is 13.5. The average Bonchev–Trinajstić information content (AvgIpc) is 2.48. The van der Waals surface area contributed by atoms with Crippen LogP contribution in [0.2, 0.25) is 0 Å². The highest BCUT2D eigenvalue weighted by molar-refractivity contribution is 9.10. The molecule has 1 heterocycles. The standard InChI is InChI=1S/C15H16BrN3O2/c1-3-10-6-5-7-11(4-2)14(10)18-15-13(19(20)21)8-12(16)9-17-15/h5-9H,3-4H2,1-2H3,(H,17,18). The second-order valence-electron chi connectivity index (χ2n) is 4.56. The van der Waals surface area contributed by atoms with Crippen molar-refractivity contribution in [1.29, 1.82) is 0 Å². The number of aromatic nitrogens is 1. The van der Waals surface area contributed by atoms with Crippen LogP contribution in [0.15, 0.2) is 34.9 Å². The fraction of sp³-hybridized carbons (Fsp3) is 0.267. The van der Waals surface area contributed by atoms with Gasteiger partial charge in [0, 0.05) is 22.4 Å². The average molecular weight is 350 g/mol. The molecule has 2 rings (SSSR count). The third-order valence-corrected chi connectivity index (χ3v) is 3.71. The fourth-order valence-electron chi connectivity index (χ4n) is 2.19. The van der Waals surface area contributed by atoms with Crippen molar-refractivity contribution in [2.75, 3.05) is 5.32 Å². The van der Waals surface area contributed by atoms with Crippen LogP contribution in [0.4, 0.5) is 17.2 Å². The highest BCUT2D eigenvalue weighted by Gasteiger charge is 2.18. The van der Waals surface area contributed by atoms with Crippen LogP contribution in [-0.2, 0) is 12.8 Å². The number of nitrogens with zero attached hydrogens (tertiary/aromatic N) is 2. The lowest BCUT2D eigenvalue weighted by atomic mass is 10.0. The zero-order valence-electron chi connectivity index (χ0n) is 11.9. The number of hydrogen-bond donors (Lipinski definition) is 1. The van der Waals surface area contributed by atoms with Gasteiger partial charge in [0.25, 0.3) is 0 Å². The zero-order chi connectivity index (χ0) is 15.4. The number of nitrogens with one attached hydrogen (secondary N) is 1. The summed E-state index contributed by atoms with van der Waals surface area (Å²) >= 11 is 3.21. The Labute approximate surface area is 131 Å². The molecule has 0 saturated carbocycles. The molecule has 2 aromatic rings. The highest BCUT2D eigenvalue weighted by atomic mass is 79.9. The summed E-state index contributed by atoms with van der Waals surface area (Å²) in [5, 5.41) is 14.3. The van der Waals surface area contributed by atoms with Crippen LogP contribution < -0.4 is 5.32 Å². The largest absolute Gasteiger partial charge is 0.334 e. The van der Waals surface area contributed by atoms with Crippen molar-refractivity contribution in [3.8, 4) is 0 Å². The van der Waals surface area contributed by atoms with Gasteiger partial charge < -0.3 is 5.32 Å². The van der Waals surface area contributed by atoms with Crippen molar-refractivity contribution >= 4 is 33.1 Å². The van der Waals surface area contributed by atoms with Crippen LogP contribution >= 0.6 is 15.9 Å². The molecule has 0 unspecified atom stereocenters. The Morgan fingerprint density at radius 2 is 1.90 bits per heavy atom. The molecule has 0 amide bonds. The van der Waals surface area contributed by atoms with Crippen molar-refractivity contribution < 1.29 is 4.92 Å². The van der Waals surface area contributed by atoms with Gasteiger partial charge >= 0.3 is 5.69 Å². The summed E-state index contributed by atoms with van der Waals surface area (Å²) in [5.74, 6) is 0.263. The minimum Gasteiger partial charge on any atom is -0.334 e. The molecule has 0 radical (unpaired) electrons. The number of rotatable bonds is 5. The van der Waals surface area contributed by atoms with Crippen molar-refractivity contribution in [2.45, 2.75) is 26.7 Å². The Bertz CT molecular complexity index is 652. The molecule has 0 aliphatic heterocycles. The van der Waals surface area contributed by atoms with Crippen LogP contribution in [0.1, 0.15) is 25.0 Å².